The first-order valence-corrected chi connectivity index (χ1v) is 9.56. The number of carbonyl (C=O) groups excluding carboxylic acids is 2. The van der Waals surface area contributed by atoms with E-state index in [1.54, 1.807) is 79.7 Å². The summed E-state index contributed by atoms with van der Waals surface area (Å²) in [6, 6.07) is 20.2. The number of hydrogen-bond acceptors (Lipinski definition) is 3. The monoisotopic (exact) mass is 428 g/mol. The van der Waals surface area contributed by atoms with E-state index in [-0.39, 0.29) is 11.8 Å². The summed E-state index contributed by atoms with van der Waals surface area (Å²) < 4.78 is 5.65. The number of anilines is 2. The van der Waals surface area contributed by atoms with Crippen LogP contribution in [0.1, 0.15) is 17.3 Å². The molecule has 3 rings (SSSR count). The van der Waals surface area contributed by atoms with Crippen molar-refractivity contribution in [2.45, 2.75) is 13.0 Å². The van der Waals surface area contributed by atoms with Crippen LogP contribution in [-0.4, -0.2) is 17.9 Å². The normalized spacial score (nSPS) is 11.4. The van der Waals surface area contributed by atoms with Gasteiger partial charge in [-0.25, -0.2) is 0 Å². The van der Waals surface area contributed by atoms with Gasteiger partial charge in [0.2, 0.25) is 0 Å². The smallest absolute Gasteiger partial charge is 0.265 e. The SMILES string of the molecule is CC(Oc1ccc(C(=O)Nc2ccc(Cl)cc2)cc1)C(=O)Nc1ccc(Cl)cc1. The first kappa shape index (κ1) is 20.7. The Bertz CT molecular complexity index is 988. The molecule has 148 valence electrons. The fourth-order valence-corrected chi connectivity index (χ4v) is 2.71. The molecule has 0 spiro atoms. The third-order valence-corrected chi connectivity index (χ3v) is 4.52. The van der Waals surface area contributed by atoms with E-state index in [9.17, 15) is 9.59 Å². The van der Waals surface area contributed by atoms with Gasteiger partial charge in [0.25, 0.3) is 11.8 Å². The predicted molar refractivity (Wildman–Crippen MR) is 116 cm³/mol. The molecule has 2 N–H and O–H groups in total. The van der Waals surface area contributed by atoms with Crippen LogP contribution in [0.15, 0.2) is 72.8 Å². The zero-order valence-electron chi connectivity index (χ0n) is 15.5. The van der Waals surface area contributed by atoms with Crippen LogP contribution in [0.3, 0.4) is 0 Å². The molecule has 3 aromatic rings. The number of amides is 2. The molecule has 0 aromatic heterocycles. The van der Waals surface area contributed by atoms with Crippen LogP contribution in [0.5, 0.6) is 5.75 Å². The molecule has 0 aliphatic carbocycles. The van der Waals surface area contributed by atoms with E-state index in [0.29, 0.717) is 32.7 Å². The molecule has 0 aliphatic heterocycles. The minimum Gasteiger partial charge on any atom is -0.481 e. The number of ether oxygens (including phenoxy) is 1. The maximum Gasteiger partial charge on any atom is 0.265 e. The number of carbonyl (C=O) groups is 2. The first-order chi connectivity index (χ1) is 13.9. The summed E-state index contributed by atoms with van der Waals surface area (Å²) in [5, 5.41) is 6.72. The minimum atomic E-state index is -0.723. The molecule has 0 fully saturated rings. The topological polar surface area (TPSA) is 67.4 Å². The van der Waals surface area contributed by atoms with Crippen molar-refractivity contribution in [2.24, 2.45) is 0 Å². The van der Waals surface area contributed by atoms with Crippen molar-refractivity contribution in [1.82, 2.24) is 0 Å². The zero-order chi connectivity index (χ0) is 20.8. The maximum absolute atomic E-state index is 12.3. The summed E-state index contributed by atoms with van der Waals surface area (Å²) in [6.45, 7) is 1.65. The molecule has 29 heavy (non-hydrogen) atoms. The van der Waals surface area contributed by atoms with Crippen molar-refractivity contribution in [2.75, 3.05) is 10.6 Å². The van der Waals surface area contributed by atoms with E-state index in [2.05, 4.69) is 10.6 Å². The Kier molecular flexibility index (Phi) is 6.75. The number of rotatable bonds is 6. The van der Waals surface area contributed by atoms with Crippen LogP contribution in [0, 0.1) is 0 Å². The Morgan fingerprint density at radius 3 is 1.76 bits per heavy atom. The van der Waals surface area contributed by atoms with Gasteiger partial charge in [-0.05, 0) is 79.7 Å². The fraction of sp³-hybridized carbons (Fsp3) is 0.0909. The average molecular weight is 429 g/mol. The third-order valence-electron chi connectivity index (χ3n) is 4.01. The van der Waals surface area contributed by atoms with Crippen LogP contribution >= 0.6 is 23.2 Å². The highest BCUT2D eigenvalue weighted by molar-refractivity contribution is 6.31. The maximum atomic E-state index is 12.3. The highest BCUT2D eigenvalue weighted by Crippen LogP contribution is 2.18. The molecule has 2 amide bonds. The van der Waals surface area contributed by atoms with Gasteiger partial charge in [-0.2, -0.15) is 0 Å². The van der Waals surface area contributed by atoms with Crippen molar-refractivity contribution in [3.8, 4) is 5.75 Å². The molecule has 0 aliphatic rings. The quantitative estimate of drug-likeness (QED) is 0.532. The minimum absolute atomic E-state index is 0.257. The Balaban J connectivity index is 1.56. The number of halogens is 2. The Labute approximate surface area is 178 Å². The van der Waals surface area contributed by atoms with E-state index >= 15 is 0 Å². The van der Waals surface area contributed by atoms with Gasteiger partial charge in [0.15, 0.2) is 6.10 Å². The molecule has 0 saturated heterocycles. The lowest BCUT2D eigenvalue weighted by Crippen LogP contribution is -2.30. The van der Waals surface area contributed by atoms with Crippen LogP contribution in [-0.2, 0) is 4.79 Å². The van der Waals surface area contributed by atoms with Gasteiger partial charge in [-0.15, -0.1) is 0 Å². The Morgan fingerprint density at radius 2 is 1.24 bits per heavy atom. The van der Waals surface area contributed by atoms with E-state index in [4.69, 9.17) is 27.9 Å². The van der Waals surface area contributed by atoms with Gasteiger partial charge in [0, 0.05) is 27.0 Å². The van der Waals surface area contributed by atoms with E-state index < -0.39 is 6.10 Å². The summed E-state index contributed by atoms with van der Waals surface area (Å²) in [7, 11) is 0. The molecule has 1 atom stereocenters. The standard InChI is InChI=1S/C22H18Cl2N2O3/c1-14(21(27)25-18-8-4-16(23)5-9-18)29-20-12-2-15(3-13-20)22(28)26-19-10-6-17(24)7-11-19/h2-14H,1H3,(H,25,27)(H,26,28). The molecular weight excluding hydrogens is 411 g/mol. The third kappa shape index (κ3) is 5.98. The van der Waals surface area contributed by atoms with Crippen molar-refractivity contribution in [3.05, 3.63) is 88.4 Å². The Hall–Kier alpha value is -3.02. The summed E-state index contributed by atoms with van der Waals surface area (Å²) in [5.41, 5.74) is 1.74. The lowest BCUT2D eigenvalue weighted by atomic mass is 10.2. The number of benzene rings is 3. The summed E-state index contributed by atoms with van der Waals surface area (Å²) >= 11 is 11.7. The Morgan fingerprint density at radius 1 is 0.759 bits per heavy atom. The average Bonchev–Trinajstić information content (AvgIpc) is 2.72. The second-order valence-corrected chi connectivity index (χ2v) is 7.11. The largest absolute Gasteiger partial charge is 0.481 e. The lowest BCUT2D eigenvalue weighted by molar-refractivity contribution is -0.122. The van der Waals surface area contributed by atoms with Crippen LogP contribution in [0.4, 0.5) is 11.4 Å². The molecule has 7 heteroatoms. The van der Waals surface area contributed by atoms with Gasteiger partial charge in [0.05, 0.1) is 0 Å². The molecule has 5 nitrogen and oxygen atoms in total. The lowest BCUT2D eigenvalue weighted by Gasteiger charge is -2.15. The summed E-state index contributed by atoms with van der Waals surface area (Å²) in [5.74, 6) is -0.0731. The highest BCUT2D eigenvalue weighted by Gasteiger charge is 2.15. The molecule has 0 saturated carbocycles. The summed E-state index contributed by atoms with van der Waals surface area (Å²) in [4.78, 5) is 24.6. The van der Waals surface area contributed by atoms with Crippen LogP contribution in [0.2, 0.25) is 10.0 Å². The van der Waals surface area contributed by atoms with Crippen LogP contribution < -0.4 is 15.4 Å². The molecule has 0 radical (unpaired) electrons. The number of nitrogens with one attached hydrogen (secondary N) is 2. The fourth-order valence-electron chi connectivity index (χ4n) is 2.46. The van der Waals surface area contributed by atoms with Gasteiger partial charge < -0.3 is 15.4 Å². The van der Waals surface area contributed by atoms with E-state index in [0.717, 1.165) is 0 Å². The highest BCUT2D eigenvalue weighted by atomic mass is 35.5. The van der Waals surface area contributed by atoms with E-state index in [1.165, 1.54) is 0 Å². The van der Waals surface area contributed by atoms with Crippen LogP contribution in [0.25, 0.3) is 0 Å². The second-order valence-electron chi connectivity index (χ2n) is 6.24. The first-order valence-electron chi connectivity index (χ1n) is 8.81. The van der Waals surface area contributed by atoms with Crippen molar-refractivity contribution < 1.29 is 14.3 Å². The van der Waals surface area contributed by atoms with Gasteiger partial charge in [-0.1, -0.05) is 23.2 Å². The van der Waals surface area contributed by atoms with Crippen molar-refractivity contribution in [3.63, 3.8) is 0 Å². The van der Waals surface area contributed by atoms with Crippen molar-refractivity contribution >= 4 is 46.4 Å². The van der Waals surface area contributed by atoms with Gasteiger partial charge in [0.1, 0.15) is 5.75 Å². The van der Waals surface area contributed by atoms with Crippen molar-refractivity contribution in [1.29, 1.82) is 0 Å². The number of hydrogen-bond donors (Lipinski definition) is 2. The second kappa shape index (κ2) is 9.45. The molecule has 0 bridgehead atoms. The molecule has 1 unspecified atom stereocenters. The van der Waals surface area contributed by atoms with Gasteiger partial charge in [-0.3, -0.25) is 9.59 Å². The molecule has 0 heterocycles. The predicted octanol–water partition coefficient (Wildman–Crippen LogP) is 5.65. The zero-order valence-corrected chi connectivity index (χ0v) is 17.0. The van der Waals surface area contributed by atoms with Gasteiger partial charge >= 0.3 is 0 Å². The molecule has 3 aromatic carbocycles. The summed E-state index contributed by atoms with van der Waals surface area (Å²) in [6.07, 6.45) is -0.723. The molecular formula is C22H18Cl2N2O3. The van der Waals surface area contributed by atoms with E-state index in [1.807, 2.05) is 0 Å².